The number of halogens is 3. The van der Waals surface area contributed by atoms with Crippen LogP contribution in [0.2, 0.25) is 0 Å². The summed E-state index contributed by atoms with van der Waals surface area (Å²) in [5.74, 6) is -0.336. The number of amides is 1. The van der Waals surface area contributed by atoms with Crippen LogP contribution in [-0.4, -0.2) is 80.8 Å². The first kappa shape index (κ1) is 37.6. The van der Waals surface area contributed by atoms with E-state index in [1.807, 2.05) is 25.8 Å². The molecule has 0 aliphatic carbocycles. The number of benzene rings is 2. The Bertz CT molecular complexity index is 1590. The molecule has 1 aromatic heterocycles. The normalized spacial score (nSPS) is 20.9. The molecule has 1 aliphatic heterocycles. The Kier molecular flexibility index (Phi) is 12.9. The molecule has 9 nitrogen and oxygen atoms in total. The third-order valence-corrected chi connectivity index (χ3v) is 11.1. The zero-order valence-electron chi connectivity index (χ0n) is 27.6. The molecule has 0 fully saturated rings. The predicted octanol–water partition coefficient (Wildman–Crippen LogP) is 6.50. The van der Waals surface area contributed by atoms with Crippen molar-refractivity contribution in [1.82, 2.24) is 9.80 Å². The lowest BCUT2D eigenvalue weighted by atomic mass is 10.0. The van der Waals surface area contributed by atoms with Gasteiger partial charge in [-0.15, -0.1) is 11.3 Å². The predicted molar refractivity (Wildman–Crippen MR) is 180 cm³/mol. The van der Waals surface area contributed by atoms with Crippen LogP contribution in [0.3, 0.4) is 0 Å². The lowest BCUT2D eigenvalue weighted by Gasteiger charge is -2.36. The summed E-state index contributed by atoms with van der Waals surface area (Å²) < 4.78 is 80.4. The van der Waals surface area contributed by atoms with Crippen LogP contribution in [0.1, 0.15) is 61.5 Å². The maximum Gasteiger partial charge on any atom is 0.416 e. The van der Waals surface area contributed by atoms with Gasteiger partial charge in [-0.2, -0.15) is 13.2 Å². The van der Waals surface area contributed by atoms with Crippen LogP contribution >= 0.6 is 11.3 Å². The second-order valence-electron chi connectivity index (χ2n) is 12.4. The highest BCUT2D eigenvalue weighted by molar-refractivity contribution is 7.94. The summed E-state index contributed by atoms with van der Waals surface area (Å²) in [5.41, 5.74) is 0.382. The van der Waals surface area contributed by atoms with E-state index in [2.05, 4.69) is 4.72 Å². The zero-order chi connectivity index (χ0) is 35.1. The molecule has 0 saturated heterocycles. The molecule has 0 spiro atoms. The van der Waals surface area contributed by atoms with Gasteiger partial charge in [0.15, 0.2) is 0 Å². The van der Waals surface area contributed by atoms with E-state index >= 15 is 0 Å². The van der Waals surface area contributed by atoms with E-state index in [-0.39, 0.29) is 46.7 Å². The first-order chi connectivity index (χ1) is 22.7. The number of hydrogen-bond acceptors (Lipinski definition) is 8. The summed E-state index contributed by atoms with van der Waals surface area (Å²) in [5, 5.41) is 11.8. The van der Waals surface area contributed by atoms with Crippen molar-refractivity contribution in [3.05, 3.63) is 76.7 Å². The molecule has 2 aromatic carbocycles. The van der Waals surface area contributed by atoms with Crippen molar-refractivity contribution in [2.24, 2.45) is 5.92 Å². The van der Waals surface area contributed by atoms with Crippen LogP contribution in [0.25, 0.3) is 0 Å². The Labute approximate surface area is 284 Å². The molecule has 264 valence electrons. The Balaban J connectivity index is 1.60. The minimum absolute atomic E-state index is 0.137. The van der Waals surface area contributed by atoms with Gasteiger partial charge in [-0.1, -0.05) is 25.1 Å². The molecule has 2 heterocycles. The highest BCUT2D eigenvalue weighted by atomic mass is 32.2. The fourth-order valence-corrected chi connectivity index (χ4v) is 7.60. The first-order valence-electron chi connectivity index (χ1n) is 15.9. The van der Waals surface area contributed by atoms with Gasteiger partial charge >= 0.3 is 6.18 Å². The number of likely N-dealkylation sites (N-methyl/N-ethyl adjacent to an activating group) is 1. The van der Waals surface area contributed by atoms with Crippen LogP contribution in [0.15, 0.2) is 64.2 Å². The van der Waals surface area contributed by atoms with Crippen LogP contribution in [0, 0.1) is 5.92 Å². The highest BCUT2D eigenvalue weighted by Gasteiger charge is 2.32. The SMILES string of the molecule is C[C@@H]1CCCCO[C@@H](CN(C)Cc2ccc(C(F)(F)F)cc2)[C@H](C)CN([C@H](C)CO)C(=O)c2cc(NS(=O)(=O)c3cccs3)ccc2O1. The summed E-state index contributed by atoms with van der Waals surface area (Å²) in [6, 6.07) is 12.3. The second kappa shape index (κ2) is 16.5. The number of carbonyl (C=O) groups excluding carboxylic acids is 1. The molecule has 1 aliphatic rings. The Morgan fingerprint density at radius 2 is 1.85 bits per heavy atom. The third-order valence-electron chi connectivity index (χ3n) is 8.29. The number of nitrogens with zero attached hydrogens (tertiary/aromatic N) is 2. The van der Waals surface area contributed by atoms with Gasteiger partial charge in [-0.25, -0.2) is 8.42 Å². The summed E-state index contributed by atoms with van der Waals surface area (Å²) in [6.45, 7) is 6.81. The van der Waals surface area contributed by atoms with E-state index < -0.39 is 33.7 Å². The van der Waals surface area contributed by atoms with Gasteiger partial charge in [0.05, 0.1) is 36.0 Å². The smallest absolute Gasteiger partial charge is 0.416 e. The molecule has 14 heteroatoms. The molecule has 3 aromatic rings. The van der Waals surface area contributed by atoms with Gasteiger partial charge in [0, 0.05) is 37.8 Å². The van der Waals surface area contributed by atoms with Gasteiger partial charge in [0.25, 0.3) is 15.9 Å². The number of thiophene rings is 1. The molecule has 0 bridgehead atoms. The van der Waals surface area contributed by atoms with Crippen LogP contribution in [0.4, 0.5) is 18.9 Å². The number of fused-ring (bicyclic) bond motifs is 1. The van der Waals surface area contributed by atoms with Crippen LogP contribution < -0.4 is 9.46 Å². The number of aliphatic hydroxyl groups excluding tert-OH is 1. The summed E-state index contributed by atoms with van der Waals surface area (Å²) >= 11 is 1.08. The average Bonchev–Trinajstić information content (AvgIpc) is 3.59. The van der Waals surface area contributed by atoms with E-state index in [1.165, 1.54) is 24.3 Å². The van der Waals surface area contributed by atoms with Gasteiger partial charge in [-0.05, 0) is 87.5 Å². The standard InChI is InChI=1S/C34H44F3N3O6S2/c1-23-19-40(24(2)22-41)33(42)29-18-28(38-48(43,44)32-9-7-17-47-32)14-15-30(29)46-25(3)8-5-6-16-45-31(23)21-39(4)20-26-10-12-27(13-11-26)34(35,36)37/h7,9-15,17-18,23-25,31,38,41H,5-6,8,16,19-22H2,1-4H3/t23-,24-,25-,31+/m1/s1. The average molecular weight is 712 g/mol. The molecule has 4 rings (SSSR count). The highest BCUT2D eigenvalue weighted by Crippen LogP contribution is 2.31. The van der Waals surface area contributed by atoms with Crippen molar-refractivity contribution in [3.8, 4) is 5.75 Å². The Hall–Kier alpha value is -3.17. The molecule has 1 amide bonds. The number of sulfonamides is 1. The van der Waals surface area contributed by atoms with Gasteiger partial charge in [-0.3, -0.25) is 14.4 Å². The number of rotatable bonds is 9. The van der Waals surface area contributed by atoms with Crippen molar-refractivity contribution in [1.29, 1.82) is 0 Å². The monoisotopic (exact) mass is 711 g/mol. The number of nitrogens with one attached hydrogen (secondary N) is 1. The van der Waals surface area contributed by atoms with E-state index in [1.54, 1.807) is 35.4 Å². The number of anilines is 1. The van der Waals surface area contributed by atoms with Crippen molar-refractivity contribution in [2.75, 3.05) is 38.1 Å². The van der Waals surface area contributed by atoms with Crippen molar-refractivity contribution >= 4 is 33.0 Å². The summed E-state index contributed by atoms with van der Waals surface area (Å²) in [4.78, 5) is 17.8. The van der Waals surface area contributed by atoms with Crippen LogP contribution in [-0.2, 0) is 27.5 Å². The minimum atomic E-state index is -4.40. The first-order valence-corrected chi connectivity index (χ1v) is 18.3. The quantitative estimate of drug-likeness (QED) is 0.261. The van der Waals surface area contributed by atoms with E-state index in [4.69, 9.17) is 9.47 Å². The summed E-state index contributed by atoms with van der Waals surface area (Å²) in [6.07, 6.45) is -2.73. The zero-order valence-corrected chi connectivity index (χ0v) is 29.2. The molecule has 2 N–H and O–H groups in total. The number of ether oxygens (including phenoxy) is 2. The molecule has 0 saturated carbocycles. The Morgan fingerprint density at radius 1 is 1.12 bits per heavy atom. The second-order valence-corrected chi connectivity index (χ2v) is 15.3. The van der Waals surface area contributed by atoms with Crippen LogP contribution in [0.5, 0.6) is 5.75 Å². The molecular formula is C34H44F3N3O6S2. The van der Waals surface area contributed by atoms with Crippen molar-refractivity contribution in [3.63, 3.8) is 0 Å². The maximum atomic E-state index is 14.3. The summed E-state index contributed by atoms with van der Waals surface area (Å²) in [7, 11) is -2.01. The molecule has 0 unspecified atom stereocenters. The lowest BCUT2D eigenvalue weighted by Crippen LogP contribution is -2.47. The number of aliphatic hydroxyl groups is 1. The van der Waals surface area contributed by atoms with Crippen molar-refractivity contribution < 1.29 is 41.0 Å². The lowest BCUT2D eigenvalue weighted by molar-refractivity contribution is -0.137. The van der Waals surface area contributed by atoms with E-state index in [9.17, 15) is 31.5 Å². The number of alkyl halides is 3. The third kappa shape index (κ3) is 10.2. The van der Waals surface area contributed by atoms with E-state index in [0.29, 0.717) is 31.9 Å². The molecular weight excluding hydrogens is 668 g/mol. The topological polar surface area (TPSA) is 108 Å². The molecule has 48 heavy (non-hydrogen) atoms. The Morgan fingerprint density at radius 3 is 2.50 bits per heavy atom. The largest absolute Gasteiger partial charge is 0.490 e. The molecule has 0 radical (unpaired) electrons. The maximum absolute atomic E-state index is 14.3. The van der Waals surface area contributed by atoms with E-state index in [0.717, 1.165) is 41.9 Å². The van der Waals surface area contributed by atoms with Gasteiger partial charge in [0.1, 0.15) is 9.96 Å². The van der Waals surface area contributed by atoms with Crippen molar-refractivity contribution in [2.45, 2.75) is 75.2 Å². The fourth-order valence-electron chi connectivity index (χ4n) is 5.55. The van der Waals surface area contributed by atoms with Gasteiger partial charge < -0.3 is 19.5 Å². The minimum Gasteiger partial charge on any atom is -0.490 e. The molecule has 4 atom stereocenters. The fraction of sp³-hybridized carbons (Fsp3) is 0.500. The number of carbonyl (C=O) groups is 1. The number of hydrogen-bond donors (Lipinski definition) is 2. The van der Waals surface area contributed by atoms with Gasteiger partial charge in [0.2, 0.25) is 0 Å².